The Balaban J connectivity index is 2.63. The van der Waals surface area contributed by atoms with Gasteiger partial charge in [-0.15, -0.1) is 11.8 Å². The van der Waals surface area contributed by atoms with Gasteiger partial charge in [-0.1, -0.05) is 6.07 Å². The van der Waals surface area contributed by atoms with Crippen molar-refractivity contribution >= 4 is 11.8 Å². The molecular weight excluding hydrogens is 190 g/mol. The summed E-state index contributed by atoms with van der Waals surface area (Å²) in [5.74, 6) is -0.123. The average molecular weight is 202 g/mol. The molecule has 0 saturated carbocycles. The molecule has 0 spiro atoms. The first-order valence-electron chi connectivity index (χ1n) is 4.08. The van der Waals surface area contributed by atoms with Crippen LogP contribution in [0.1, 0.15) is 11.1 Å². The van der Waals surface area contributed by atoms with Gasteiger partial charge in [0.25, 0.3) is 0 Å². The van der Waals surface area contributed by atoms with Gasteiger partial charge >= 0.3 is 0 Å². The van der Waals surface area contributed by atoms with Crippen LogP contribution in [0.15, 0.2) is 23.1 Å². The first-order valence-corrected chi connectivity index (χ1v) is 5.06. The van der Waals surface area contributed by atoms with Crippen molar-refractivity contribution in [3.8, 4) is 0 Å². The van der Waals surface area contributed by atoms with Gasteiger partial charge in [0.05, 0.1) is 5.75 Å². The number of halogens is 2. The maximum absolute atomic E-state index is 11.9. The summed E-state index contributed by atoms with van der Waals surface area (Å²) in [5, 5.41) is 0. The molecule has 0 aliphatic carbocycles. The largest absolute Gasteiger partial charge is 0.247 e. The molecule has 3 heteroatoms. The molecule has 0 aromatic heterocycles. The van der Waals surface area contributed by atoms with E-state index in [4.69, 9.17) is 0 Å². The summed E-state index contributed by atoms with van der Waals surface area (Å²) in [6.07, 6.45) is -2.23. The molecule has 0 aliphatic rings. The van der Waals surface area contributed by atoms with Gasteiger partial charge in [0, 0.05) is 4.90 Å². The molecule has 0 N–H and O–H groups in total. The average Bonchev–Trinajstić information content (AvgIpc) is 2.07. The van der Waals surface area contributed by atoms with E-state index in [0.29, 0.717) is 0 Å². The lowest BCUT2D eigenvalue weighted by molar-refractivity contribution is 0.177. The number of aryl methyl sites for hydroxylation is 2. The van der Waals surface area contributed by atoms with Crippen LogP contribution in [0.4, 0.5) is 8.78 Å². The Morgan fingerprint density at radius 1 is 1.23 bits per heavy atom. The lowest BCUT2D eigenvalue weighted by Crippen LogP contribution is -1.93. The lowest BCUT2D eigenvalue weighted by Gasteiger charge is -2.04. The highest BCUT2D eigenvalue weighted by Crippen LogP contribution is 2.22. The van der Waals surface area contributed by atoms with E-state index in [1.807, 2.05) is 32.0 Å². The first-order chi connectivity index (χ1) is 6.09. The summed E-state index contributed by atoms with van der Waals surface area (Å²) in [6, 6.07) is 5.79. The van der Waals surface area contributed by atoms with Crippen molar-refractivity contribution in [3.05, 3.63) is 29.3 Å². The quantitative estimate of drug-likeness (QED) is 0.674. The predicted octanol–water partition coefficient (Wildman–Crippen LogP) is 3.66. The summed E-state index contributed by atoms with van der Waals surface area (Å²) in [5.41, 5.74) is 2.35. The third kappa shape index (κ3) is 3.35. The SMILES string of the molecule is Cc1ccc(SCC(F)F)cc1C. The Morgan fingerprint density at radius 2 is 1.92 bits per heavy atom. The number of benzene rings is 1. The van der Waals surface area contributed by atoms with E-state index in [1.54, 1.807) is 0 Å². The number of alkyl halides is 2. The summed E-state index contributed by atoms with van der Waals surface area (Å²) in [4.78, 5) is 0.920. The standard InChI is InChI=1S/C10H12F2S/c1-7-3-4-9(5-8(7)2)13-6-10(11)12/h3-5,10H,6H2,1-2H3. The molecule has 0 nitrogen and oxygen atoms in total. The van der Waals surface area contributed by atoms with Crippen LogP contribution >= 0.6 is 11.8 Å². The molecule has 13 heavy (non-hydrogen) atoms. The number of rotatable bonds is 3. The van der Waals surface area contributed by atoms with E-state index in [0.717, 1.165) is 10.5 Å². The van der Waals surface area contributed by atoms with Gasteiger partial charge in [-0.25, -0.2) is 8.78 Å². The number of thioether (sulfide) groups is 1. The monoisotopic (exact) mass is 202 g/mol. The topological polar surface area (TPSA) is 0 Å². The Bertz CT molecular complexity index is 284. The summed E-state index contributed by atoms with van der Waals surface area (Å²) in [6.45, 7) is 4.00. The van der Waals surface area contributed by atoms with Crippen molar-refractivity contribution < 1.29 is 8.78 Å². The van der Waals surface area contributed by atoms with Crippen molar-refractivity contribution in [3.63, 3.8) is 0 Å². The molecular formula is C10H12F2S. The van der Waals surface area contributed by atoms with Crippen molar-refractivity contribution in [2.24, 2.45) is 0 Å². The Hall–Kier alpha value is -0.570. The zero-order chi connectivity index (χ0) is 9.84. The Morgan fingerprint density at radius 3 is 2.46 bits per heavy atom. The highest BCUT2D eigenvalue weighted by Gasteiger charge is 2.03. The molecule has 72 valence electrons. The van der Waals surface area contributed by atoms with Crippen LogP contribution in [0.3, 0.4) is 0 Å². The summed E-state index contributed by atoms with van der Waals surface area (Å²) >= 11 is 1.20. The van der Waals surface area contributed by atoms with Gasteiger partial charge in [0.1, 0.15) is 0 Å². The molecule has 1 aromatic rings. The number of hydrogen-bond acceptors (Lipinski definition) is 1. The van der Waals surface area contributed by atoms with Crippen LogP contribution in [0.2, 0.25) is 0 Å². The fourth-order valence-corrected chi connectivity index (χ4v) is 1.71. The molecule has 1 aromatic carbocycles. The second-order valence-corrected chi connectivity index (χ2v) is 4.04. The Kier molecular flexibility index (Phi) is 3.72. The van der Waals surface area contributed by atoms with Crippen molar-refractivity contribution in [1.29, 1.82) is 0 Å². The molecule has 0 amide bonds. The maximum atomic E-state index is 11.9. The highest BCUT2D eigenvalue weighted by atomic mass is 32.2. The fourth-order valence-electron chi connectivity index (χ4n) is 0.963. The minimum Gasteiger partial charge on any atom is -0.210 e. The predicted molar refractivity (Wildman–Crippen MR) is 52.6 cm³/mol. The molecule has 0 bridgehead atoms. The minimum atomic E-state index is -2.23. The van der Waals surface area contributed by atoms with Crippen LogP contribution in [-0.4, -0.2) is 12.2 Å². The van der Waals surface area contributed by atoms with E-state index in [9.17, 15) is 8.78 Å². The lowest BCUT2D eigenvalue weighted by atomic mass is 10.1. The summed E-state index contributed by atoms with van der Waals surface area (Å²) in [7, 11) is 0. The third-order valence-electron chi connectivity index (χ3n) is 1.85. The van der Waals surface area contributed by atoms with Crippen LogP contribution in [-0.2, 0) is 0 Å². The second kappa shape index (κ2) is 4.61. The fraction of sp³-hybridized carbons (Fsp3) is 0.400. The van der Waals surface area contributed by atoms with Crippen LogP contribution in [0.25, 0.3) is 0 Å². The first kappa shape index (κ1) is 10.5. The summed E-state index contributed by atoms with van der Waals surface area (Å²) < 4.78 is 23.8. The molecule has 0 heterocycles. The normalized spacial score (nSPS) is 10.8. The molecule has 0 atom stereocenters. The molecule has 1 rings (SSSR count). The zero-order valence-electron chi connectivity index (χ0n) is 7.68. The molecule has 0 aliphatic heterocycles. The van der Waals surface area contributed by atoms with Crippen molar-refractivity contribution in [2.75, 3.05) is 5.75 Å². The van der Waals surface area contributed by atoms with E-state index >= 15 is 0 Å². The molecule has 0 saturated heterocycles. The van der Waals surface area contributed by atoms with Gasteiger partial charge in [-0.2, -0.15) is 0 Å². The third-order valence-corrected chi connectivity index (χ3v) is 2.86. The Labute approximate surface area is 81.3 Å². The van der Waals surface area contributed by atoms with E-state index < -0.39 is 6.43 Å². The van der Waals surface area contributed by atoms with Gasteiger partial charge in [0.15, 0.2) is 0 Å². The minimum absolute atomic E-state index is 0.123. The molecule has 0 radical (unpaired) electrons. The van der Waals surface area contributed by atoms with Crippen molar-refractivity contribution in [1.82, 2.24) is 0 Å². The van der Waals surface area contributed by atoms with Crippen molar-refractivity contribution in [2.45, 2.75) is 25.2 Å². The molecule has 0 unspecified atom stereocenters. The van der Waals surface area contributed by atoms with Crippen LogP contribution in [0, 0.1) is 13.8 Å². The van der Waals surface area contributed by atoms with E-state index in [-0.39, 0.29) is 5.75 Å². The maximum Gasteiger partial charge on any atom is 0.247 e. The van der Waals surface area contributed by atoms with Crippen LogP contribution < -0.4 is 0 Å². The molecule has 0 fully saturated rings. The van der Waals surface area contributed by atoms with Gasteiger partial charge < -0.3 is 0 Å². The zero-order valence-corrected chi connectivity index (χ0v) is 8.50. The second-order valence-electron chi connectivity index (χ2n) is 2.95. The van der Waals surface area contributed by atoms with E-state index in [2.05, 4.69) is 0 Å². The van der Waals surface area contributed by atoms with Gasteiger partial charge in [-0.3, -0.25) is 0 Å². The van der Waals surface area contributed by atoms with E-state index in [1.165, 1.54) is 17.3 Å². The highest BCUT2D eigenvalue weighted by molar-refractivity contribution is 7.99. The van der Waals surface area contributed by atoms with Gasteiger partial charge in [-0.05, 0) is 37.1 Å². The van der Waals surface area contributed by atoms with Gasteiger partial charge in [0.2, 0.25) is 6.43 Å². The smallest absolute Gasteiger partial charge is 0.210 e. The number of hydrogen-bond donors (Lipinski definition) is 0. The van der Waals surface area contributed by atoms with Crippen LogP contribution in [0.5, 0.6) is 0 Å².